The number of unbranched alkanes of at least 4 members (excludes halogenated alkanes) is 7. The lowest BCUT2D eigenvalue weighted by molar-refractivity contribution is 0.0544. The van der Waals surface area contributed by atoms with Gasteiger partial charge in [-0.25, -0.2) is 0 Å². The zero-order valence-corrected chi connectivity index (χ0v) is 31.0. The summed E-state index contributed by atoms with van der Waals surface area (Å²) >= 11 is 0. The Morgan fingerprint density at radius 1 is 0.667 bits per heavy atom. The topological polar surface area (TPSA) is 72.9 Å². The van der Waals surface area contributed by atoms with Crippen molar-refractivity contribution in [2.45, 2.75) is 125 Å². The molecule has 8 nitrogen and oxygen atoms in total. The van der Waals surface area contributed by atoms with Crippen molar-refractivity contribution in [1.29, 1.82) is 0 Å². The molecule has 6 aliphatic rings. The molecule has 2 aliphatic carbocycles. The molecule has 0 radical (unpaired) electrons. The normalized spacial score (nSPS) is 30.4. The summed E-state index contributed by atoms with van der Waals surface area (Å²) in [7, 11) is 5.26. The van der Waals surface area contributed by atoms with E-state index in [1.165, 1.54) is 73.6 Å². The number of aliphatic hydroxyl groups is 1. The van der Waals surface area contributed by atoms with Gasteiger partial charge in [0.05, 0.1) is 37.3 Å². The van der Waals surface area contributed by atoms with Gasteiger partial charge >= 0.3 is 0 Å². The van der Waals surface area contributed by atoms with Crippen LogP contribution in [0.4, 0.5) is 0 Å². The van der Waals surface area contributed by atoms with E-state index in [4.69, 9.17) is 23.7 Å². The van der Waals surface area contributed by atoms with Crippen molar-refractivity contribution in [3.63, 3.8) is 0 Å². The first-order valence-corrected chi connectivity index (χ1v) is 19.8. The summed E-state index contributed by atoms with van der Waals surface area (Å²) in [5, 5.41) is 10.4. The first-order valence-electron chi connectivity index (χ1n) is 19.8. The lowest BCUT2D eigenvalue weighted by atomic mass is 9.69. The second-order valence-electron chi connectivity index (χ2n) is 16.0. The zero-order chi connectivity index (χ0) is 35.0. The smallest absolute Gasteiger partial charge is 0.166 e. The molecular formula is C43H58N2O6. The molecule has 2 aromatic carbocycles. The molecule has 0 amide bonds. The standard InChI is InChI=1S/C43H58N2O6/c1-47-33-17-19-43-21-25-45(29-31-13-15-35(49-3)41(39(31)43)51-37(43)27-33)23-11-9-7-5-4-6-8-10-22-44-24-20-42-18-16-32(46)26-36(42)50-40-34(48-2)14-12-30(28-44)38(40)42/h12-19,32-33,36-37,46H,4-11,20-29H2,1-3H3/t32-,33-,36?,37-,42-,43-/m0/s1. The van der Waals surface area contributed by atoms with Crippen molar-refractivity contribution in [2.24, 2.45) is 0 Å². The largest absolute Gasteiger partial charge is 0.493 e. The minimum atomic E-state index is -0.439. The van der Waals surface area contributed by atoms with E-state index in [0.29, 0.717) is 6.42 Å². The van der Waals surface area contributed by atoms with E-state index in [0.717, 1.165) is 81.5 Å². The summed E-state index contributed by atoms with van der Waals surface area (Å²) in [5.74, 6) is 3.52. The summed E-state index contributed by atoms with van der Waals surface area (Å²) in [4.78, 5) is 5.31. The summed E-state index contributed by atoms with van der Waals surface area (Å²) in [6.07, 6.45) is 22.7. The molecule has 276 valence electrons. The maximum atomic E-state index is 10.4. The van der Waals surface area contributed by atoms with E-state index in [2.05, 4.69) is 52.3 Å². The van der Waals surface area contributed by atoms with Crippen LogP contribution in [-0.2, 0) is 28.7 Å². The molecule has 1 unspecified atom stereocenters. The van der Waals surface area contributed by atoms with Gasteiger partial charge in [-0.15, -0.1) is 0 Å². The maximum Gasteiger partial charge on any atom is 0.166 e. The minimum Gasteiger partial charge on any atom is -0.493 e. The Balaban J connectivity index is 0.765. The van der Waals surface area contributed by atoms with Crippen molar-refractivity contribution >= 4 is 0 Å². The van der Waals surface area contributed by atoms with Crippen molar-refractivity contribution in [3.05, 3.63) is 70.8 Å². The lowest BCUT2D eigenvalue weighted by Gasteiger charge is -2.36. The van der Waals surface area contributed by atoms with Crippen LogP contribution in [0.5, 0.6) is 23.0 Å². The summed E-state index contributed by atoms with van der Waals surface area (Å²) < 4.78 is 30.3. The number of aliphatic hydroxyl groups excluding tert-OH is 1. The van der Waals surface area contributed by atoms with E-state index in [1.54, 1.807) is 21.3 Å². The van der Waals surface area contributed by atoms with Gasteiger partial charge in [-0.2, -0.15) is 0 Å². The van der Waals surface area contributed by atoms with Crippen LogP contribution in [0.2, 0.25) is 0 Å². The predicted octanol–water partition coefficient (Wildman–Crippen LogP) is 7.23. The van der Waals surface area contributed by atoms with Gasteiger partial charge in [-0.1, -0.05) is 75.0 Å². The Morgan fingerprint density at radius 3 is 1.67 bits per heavy atom. The van der Waals surface area contributed by atoms with Gasteiger partial charge in [0.25, 0.3) is 0 Å². The maximum absolute atomic E-state index is 10.4. The fourth-order valence-electron chi connectivity index (χ4n) is 10.3. The van der Waals surface area contributed by atoms with Gasteiger partial charge in [-0.05, 0) is 75.1 Å². The van der Waals surface area contributed by atoms with Gasteiger partial charge < -0.3 is 28.8 Å². The molecule has 2 spiro atoms. The molecule has 6 atom stereocenters. The first kappa shape index (κ1) is 35.0. The van der Waals surface area contributed by atoms with Crippen LogP contribution in [-0.4, -0.2) is 86.8 Å². The van der Waals surface area contributed by atoms with E-state index < -0.39 is 6.10 Å². The third kappa shape index (κ3) is 6.38. The van der Waals surface area contributed by atoms with Crippen LogP contribution in [0.3, 0.4) is 0 Å². The highest BCUT2D eigenvalue weighted by Crippen LogP contribution is 2.57. The molecule has 2 aromatic rings. The van der Waals surface area contributed by atoms with Crippen LogP contribution in [0.15, 0.2) is 48.6 Å². The number of hydrogen-bond acceptors (Lipinski definition) is 8. The van der Waals surface area contributed by atoms with Crippen LogP contribution < -0.4 is 18.9 Å². The highest BCUT2D eigenvalue weighted by atomic mass is 16.5. The Bertz CT molecular complexity index is 1620. The number of ether oxygens (including phenoxy) is 5. The zero-order valence-electron chi connectivity index (χ0n) is 31.0. The van der Waals surface area contributed by atoms with Crippen LogP contribution >= 0.6 is 0 Å². The van der Waals surface area contributed by atoms with E-state index in [1.807, 2.05) is 6.08 Å². The van der Waals surface area contributed by atoms with E-state index in [9.17, 15) is 5.11 Å². The average Bonchev–Trinajstić information content (AvgIpc) is 3.54. The lowest BCUT2D eigenvalue weighted by Crippen LogP contribution is -2.43. The monoisotopic (exact) mass is 698 g/mol. The van der Waals surface area contributed by atoms with Gasteiger partial charge in [0.2, 0.25) is 0 Å². The van der Waals surface area contributed by atoms with E-state index in [-0.39, 0.29) is 29.1 Å². The van der Waals surface area contributed by atoms with Gasteiger partial charge in [-0.3, -0.25) is 9.80 Å². The molecule has 1 N–H and O–H groups in total. The third-order valence-corrected chi connectivity index (χ3v) is 13.1. The molecule has 51 heavy (non-hydrogen) atoms. The van der Waals surface area contributed by atoms with E-state index >= 15 is 0 Å². The SMILES string of the molecule is COc1ccc2c3c1OC1C[C@@H](O)C=C[C@@]31CCN(CCCCCCCCCCN1CC[C@@]34C=C[C@H](OC)C[C@@H]3Oc3c(OC)ccc(c34)C1)C2. The summed E-state index contributed by atoms with van der Waals surface area (Å²) in [6.45, 7) is 6.38. The van der Waals surface area contributed by atoms with Crippen molar-refractivity contribution < 1.29 is 28.8 Å². The summed E-state index contributed by atoms with van der Waals surface area (Å²) in [6, 6.07) is 8.68. The molecule has 0 fully saturated rings. The van der Waals surface area contributed by atoms with Gasteiger partial charge in [0, 0.05) is 44.2 Å². The Labute approximate surface area is 304 Å². The fourth-order valence-corrected chi connectivity index (χ4v) is 10.3. The molecular weight excluding hydrogens is 640 g/mol. The highest BCUT2D eigenvalue weighted by Gasteiger charge is 2.54. The molecule has 0 aromatic heterocycles. The number of hydrogen-bond donors (Lipinski definition) is 1. The number of methoxy groups -OCH3 is 3. The predicted molar refractivity (Wildman–Crippen MR) is 199 cm³/mol. The van der Waals surface area contributed by atoms with Crippen LogP contribution in [0.1, 0.15) is 99.3 Å². The molecule has 4 aliphatic heterocycles. The van der Waals surface area contributed by atoms with Crippen molar-refractivity contribution in [2.75, 3.05) is 47.5 Å². The van der Waals surface area contributed by atoms with Crippen LogP contribution in [0, 0.1) is 0 Å². The molecule has 0 bridgehead atoms. The second kappa shape index (κ2) is 14.8. The molecule has 4 heterocycles. The number of benzene rings is 2. The van der Waals surface area contributed by atoms with Crippen LogP contribution in [0.25, 0.3) is 0 Å². The minimum absolute atomic E-state index is 0.0231. The van der Waals surface area contributed by atoms with Crippen molar-refractivity contribution in [3.8, 4) is 23.0 Å². The molecule has 8 heteroatoms. The molecule has 8 rings (SSSR count). The first-order chi connectivity index (χ1) is 25.0. The average molecular weight is 699 g/mol. The Hall–Kier alpha value is -3.04. The second-order valence-corrected chi connectivity index (χ2v) is 16.0. The summed E-state index contributed by atoms with van der Waals surface area (Å²) in [5.41, 5.74) is 5.18. The molecule has 0 saturated heterocycles. The quantitative estimate of drug-likeness (QED) is 0.164. The highest BCUT2D eigenvalue weighted by molar-refractivity contribution is 5.62. The van der Waals surface area contributed by atoms with Gasteiger partial charge in [0.15, 0.2) is 23.0 Å². The fraction of sp³-hybridized carbons (Fsp3) is 0.628. The Morgan fingerprint density at radius 2 is 1.16 bits per heavy atom. The number of rotatable bonds is 14. The van der Waals surface area contributed by atoms with Gasteiger partial charge in [0.1, 0.15) is 12.2 Å². The Kier molecular flexibility index (Phi) is 10.1. The number of nitrogens with zero attached hydrogens (tertiary/aromatic N) is 2. The van der Waals surface area contributed by atoms with Crippen molar-refractivity contribution in [1.82, 2.24) is 9.80 Å². The molecule has 0 saturated carbocycles. The third-order valence-electron chi connectivity index (χ3n) is 13.1.